The molecule has 3 N–H and O–H groups in total. The summed E-state index contributed by atoms with van der Waals surface area (Å²) in [5.74, 6) is 0.0610. The van der Waals surface area contributed by atoms with E-state index in [-0.39, 0.29) is 30.2 Å². The van der Waals surface area contributed by atoms with Crippen molar-refractivity contribution >= 4 is 18.3 Å². The quantitative estimate of drug-likeness (QED) is 0.878. The van der Waals surface area contributed by atoms with Crippen LogP contribution >= 0.6 is 12.4 Å². The van der Waals surface area contributed by atoms with Crippen LogP contribution < -0.4 is 11.1 Å². The van der Waals surface area contributed by atoms with Gasteiger partial charge in [0.25, 0.3) is 5.91 Å². The third kappa shape index (κ3) is 3.89. The van der Waals surface area contributed by atoms with Crippen LogP contribution in [0.3, 0.4) is 0 Å². The first-order valence-corrected chi connectivity index (χ1v) is 7.40. The molecule has 0 saturated heterocycles. The largest absolute Gasteiger partial charge is 0.350 e. The molecule has 7 heteroatoms. The lowest BCUT2D eigenvalue weighted by Gasteiger charge is -2.11. The first-order chi connectivity index (χ1) is 10.6. The van der Waals surface area contributed by atoms with Crippen LogP contribution in [0, 0.1) is 18.7 Å². The normalized spacial score (nSPS) is 14.9. The molecule has 0 spiro atoms. The number of nitrogens with zero attached hydrogens (tertiary/aromatic N) is 2. The van der Waals surface area contributed by atoms with E-state index in [2.05, 4.69) is 10.4 Å². The highest BCUT2D eigenvalue weighted by atomic mass is 35.5. The van der Waals surface area contributed by atoms with Gasteiger partial charge in [0.2, 0.25) is 0 Å². The molecule has 1 aromatic heterocycles. The first kappa shape index (κ1) is 17.4. The second kappa shape index (κ2) is 7.10. The highest BCUT2D eigenvalue weighted by Gasteiger charge is 2.28. The molecule has 1 heterocycles. The maximum Gasteiger partial charge on any atom is 0.254 e. The van der Waals surface area contributed by atoms with Crippen molar-refractivity contribution in [3.8, 4) is 5.69 Å². The highest BCUT2D eigenvalue weighted by molar-refractivity contribution is 5.95. The molecular formula is C16H20ClFN4O. The summed E-state index contributed by atoms with van der Waals surface area (Å²) >= 11 is 0. The number of benzene rings is 1. The van der Waals surface area contributed by atoms with Gasteiger partial charge in [0.15, 0.2) is 0 Å². The first-order valence-electron chi connectivity index (χ1n) is 7.40. The fourth-order valence-corrected chi connectivity index (χ4v) is 2.47. The van der Waals surface area contributed by atoms with Gasteiger partial charge in [-0.25, -0.2) is 9.07 Å². The van der Waals surface area contributed by atoms with Gasteiger partial charge in [0.1, 0.15) is 5.82 Å². The smallest absolute Gasteiger partial charge is 0.254 e. The van der Waals surface area contributed by atoms with Crippen LogP contribution in [0.2, 0.25) is 0 Å². The molecule has 1 aliphatic carbocycles. The summed E-state index contributed by atoms with van der Waals surface area (Å²) in [6, 6.07) is 6.01. The zero-order valence-corrected chi connectivity index (χ0v) is 13.6. The Labute approximate surface area is 140 Å². The minimum atomic E-state index is -0.305. The summed E-state index contributed by atoms with van der Waals surface area (Å²) in [4.78, 5) is 12.2. The second-order valence-corrected chi connectivity index (χ2v) is 5.74. The molecule has 3 rings (SSSR count). The Bertz CT molecular complexity index is 682. The molecule has 0 aliphatic heterocycles. The predicted molar refractivity (Wildman–Crippen MR) is 88.5 cm³/mol. The summed E-state index contributed by atoms with van der Waals surface area (Å²) in [5.41, 5.74) is 7.92. The number of hydrogen-bond acceptors (Lipinski definition) is 3. The lowest BCUT2D eigenvalue weighted by Crippen LogP contribution is -2.38. The summed E-state index contributed by atoms with van der Waals surface area (Å²) in [7, 11) is 0. The summed E-state index contributed by atoms with van der Waals surface area (Å²) < 4.78 is 14.6. The average molecular weight is 339 g/mol. The fourth-order valence-electron chi connectivity index (χ4n) is 2.47. The lowest BCUT2D eigenvalue weighted by atomic mass is 10.2. The molecule has 1 fully saturated rings. The molecule has 0 radical (unpaired) electrons. The summed E-state index contributed by atoms with van der Waals surface area (Å²) in [6.07, 6.45) is 3.83. The van der Waals surface area contributed by atoms with E-state index >= 15 is 0 Å². The van der Waals surface area contributed by atoms with Crippen molar-refractivity contribution in [3.63, 3.8) is 0 Å². The van der Waals surface area contributed by atoms with Gasteiger partial charge in [-0.05, 0) is 49.9 Å². The zero-order valence-electron chi connectivity index (χ0n) is 12.8. The molecule has 124 valence electrons. The molecule has 0 bridgehead atoms. The Morgan fingerprint density at radius 2 is 2.09 bits per heavy atom. The number of carbonyl (C=O) groups is 1. The van der Waals surface area contributed by atoms with E-state index in [0.717, 1.165) is 12.8 Å². The maximum absolute atomic E-state index is 13.0. The van der Waals surface area contributed by atoms with Crippen LogP contribution in [0.4, 0.5) is 4.39 Å². The van der Waals surface area contributed by atoms with Crippen LogP contribution in [0.1, 0.15) is 28.9 Å². The van der Waals surface area contributed by atoms with Gasteiger partial charge in [-0.3, -0.25) is 4.79 Å². The van der Waals surface area contributed by atoms with Crippen molar-refractivity contribution in [2.24, 2.45) is 11.7 Å². The predicted octanol–water partition coefficient (Wildman–Crippen LogP) is 2.21. The Morgan fingerprint density at radius 3 is 2.70 bits per heavy atom. The van der Waals surface area contributed by atoms with E-state index in [9.17, 15) is 9.18 Å². The standard InChI is InChI=1S/C16H19FN4O.ClH/c1-10-14(16(22)19-9-15(18)11-2-3-11)8-20-21(10)13-6-4-12(17)5-7-13;/h4-8,11,15H,2-3,9,18H2,1H3,(H,19,22);1H. The number of rotatable bonds is 5. The van der Waals surface area contributed by atoms with Gasteiger partial charge < -0.3 is 11.1 Å². The minimum absolute atomic E-state index is 0. The molecule has 1 saturated carbocycles. The Balaban J connectivity index is 0.00000192. The Hall–Kier alpha value is -1.92. The number of hydrogen-bond donors (Lipinski definition) is 2. The summed E-state index contributed by atoms with van der Waals surface area (Å²) in [6.45, 7) is 2.29. The van der Waals surface area contributed by atoms with Gasteiger partial charge in [-0.2, -0.15) is 5.10 Å². The molecular weight excluding hydrogens is 319 g/mol. The van der Waals surface area contributed by atoms with E-state index in [4.69, 9.17) is 5.73 Å². The van der Waals surface area contributed by atoms with Crippen molar-refractivity contribution in [1.82, 2.24) is 15.1 Å². The fraction of sp³-hybridized carbons (Fsp3) is 0.375. The average Bonchev–Trinajstić information content (AvgIpc) is 3.29. The highest BCUT2D eigenvalue weighted by Crippen LogP contribution is 2.31. The number of nitrogens with one attached hydrogen (secondary N) is 1. The van der Waals surface area contributed by atoms with Crippen molar-refractivity contribution in [2.45, 2.75) is 25.8 Å². The molecule has 1 amide bonds. The third-order valence-corrected chi connectivity index (χ3v) is 4.05. The maximum atomic E-state index is 13.0. The van der Waals surface area contributed by atoms with Gasteiger partial charge >= 0.3 is 0 Å². The van der Waals surface area contributed by atoms with E-state index in [0.29, 0.717) is 29.4 Å². The number of aromatic nitrogens is 2. The zero-order chi connectivity index (χ0) is 15.7. The molecule has 1 unspecified atom stereocenters. The monoisotopic (exact) mass is 338 g/mol. The summed E-state index contributed by atoms with van der Waals surface area (Å²) in [5, 5.41) is 7.07. The van der Waals surface area contributed by atoms with E-state index in [1.807, 2.05) is 6.92 Å². The van der Waals surface area contributed by atoms with E-state index in [1.54, 1.807) is 16.8 Å². The molecule has 23 heavy (non-hydrogen) atoms. The molecule has 5 nitrogen and oxygen atoms in total. The Morgan fingerprint density at radius 1 is 1.43 bits per heavy atom. The topological polar surface area (TPSA) is 72.9 Å². The lowest BCUT2D eigenvalue weighted by molar-refractivity contribution is 0.0949. The van der Waals surface area contributed by atoms with E-state index in [1.165, 1.54) is 18.3 Å². The second-order valence-electron chi connectivity index (χ2n) is 5.74. The number of nitrogens with two attached hydrogens (primary N) is 1. The third-order valence-electron chi connectivity index (χ3n) is 4.05. The van der Waals surface area contributed by atoms with E-state index < -0.39 is 0 Å². The van der Waals surface area contributed by atoms with Crippen LogP contribution in [-0.4, -0.2) is 28.3 Å². The van der Waals surface area contributed by atoms with Crippen LogP contribution in [0.15, 0.2) is 30.5 Å². The van der Waals surface area contributed by atoms with Gasteiger partial charge in [0, 0.05) is 12.6 Å². The van der Waals surface area contributed by atoms with Crippen molar-refractivity contribution in [3.05, 3.63) is 47.5 Å². The van der Waals surface area contributed by atoms with Gasteiger partial charge in [-0.1, -0.05) is 0 Å². The van der Waals surface area contributed by atoms with Crippen molar-refractivity contribution in [1.29, 1.82) is 0 Å². The Kier molecular flexibility index (Phi) is 5.38. The van der Waals surface area contributed by atoms with Gasteiger partial charge in [-0.15, -0.1) is 12.4 Å². The van der Waals surface area contributed by atoms with Gasteiger partial charge in [0.05, 0.1) is 23.1 Å². The number of halogens is 2. The van der Waals surface area contributed by atoms with Crippen LogP contribution in [-0.2, 0) is 0 Å². The number of amides is 1. The minimum Gasteiger partial charge on any atom is -0.350 e. The molecule has 1 aliphatic rings. The number of carbonyl (C=O) groups excluding carboxylic acids is 1. The van der Waals surface area contributed by atoms with Crippen LogP contribution in [0.5, 0.6) is 0 Å². The van der Waals surface area contributed by atoms with Crippen molar-refractivity contribution < 1.29 is 9.18 Å². The molecule has 1 aromatic carbocycles. The van der Waals surface area contributed by atoms with Crippen LogP contribution in [0.25, 0.3) is 5.69 Å². The SMILES string of the molecule is Cc1c(C(=O)NCC(N)C2CC2)cnn1-c1ccc(F)cc1.Cl. The molecule has 1 atom stereocenters. The molecule has 2 aromatic rings. The van der Waals surface area contributed by atoms with Crippen molar-refractivity contribution in [2.75, 3.05) is 6.54 Å².